The average molecular weight is 325 g/mol. The third kappa shape index (κ3) is 4.41. The molecular weight excluding hydrogens is 300 g/mol. The number of aliphatic hydroxyl groups is 1. The van der Waals surface area contributed by atoms with Crippen molar-refractivity contribution in [1.29, 1.82) is 0 Å². The van der Waals surface area contributed by atoms with E-state index in [1.165, 1.54) is 32.1 Å². The second kappa shape index (κ2) is 8.11. The Bertz CT molecular complexity index is 455. The Morgan fingerprint density at radius 1 is 1.29 bits per heavy atom. The fourth-order valence-electron chi connectivity index (χ4n) is 2.64. The van der Waals surface area contributed by atoms with Gasteiger partial charge in [-0.15, -0.1) is 0 Å². The van der Waals surface area contributed by atoms with Crippen LogP contribution < -0.4 is 4.90 Å². The summed E-state index contributed by atoms with van der Waals surface area (Å²) in [6, 6.07) is 5.71. The van der Waals surface area contributed by atoms with Crippen LogP contribution in [0.1, 0.15) is 51.9 Å². The molecule has 0 amide bonds. The van der Waals surface area contributed by atoms with E-state index in [1.807, 2.05) is 23.1 Å². The molecule has 2 rings (SSSR count). The minimum Gasteiger partial charge on any atom is -0.370 e. The number of anilines is 1. The predicted molar refractivity (Wildman–Crippen MR) is 94.7 cm³/mol. The zero-order chi connectivity index (χ0) is 15.1. The van der Waals surface area contributed by atoms with Crippen LogP contribution in [0.15, 0.2) is 24.4 Å². The summed E-state index contributed by atoms with van der Waals surface area (Å²) in [4.78, 5) is 6.17. The molecule has 0 spiro atoms. The van der Waals surface area contributed by atoms with Crippen molar-refractivity contribution in [3.8, 4) is 0 Å². The Kier molecular flexibility index (Phi) is 6.45. The summed E-state index contributed by atoms with van der Waals surface area (Å²) in [7, 11) is 0. The molecule has 1 N–H and O–H groups in total. The molecule has 1 unspecified atom stereocenters. The van der Waals surface area contributed by atoms with Crippen molar-refractivity contribution in [1.82, 2.24) is 4.98 Å². The van der Waals surface area contributed by atoms with Crippen molar-refractivity contribution in [2.24, 2.45) is 0 Å². The first-order chi connectivity index (χ1) is 10.2. The van der Waals surface area contributed by atoms with Crippen LogP contribution in [-0.4, -0.2) is 25.9 Å². The number of unbranched alkanes of at least 4 members (excludes halogenated alkanes) is 5. The van der Waals surface area contributed by atoms with Crippen LogP contribution in [0.3, 0.4) is 0 Å². The summed E-state index contributed by atoms with van der Waals surface area (Å²) in [6.45, 7) is 2.23. The van der Waals surface area contributed by atoms with Gasteiger partial charge in [0.2, 0.25) is 0 Å². The third-order valence-corrected chi connectivity index (χ3v) is 5.41. The molecule has 1 aromatic rings. The van der Waals surface area contributed by atoms with Crippen LogP contribution >= 0.6 is 24.0 Å². The predicted octanol–water partition coefficient (Wildman–Crippen LogP) is 4.36. The number of nitrogens with zero attached hydrogens (tertiary/aromatic N) is 2. The number of aromatic nitrogens is 1. The van der Waals surface area contributed by atoms with Gasteiger partial charge in [0.25, 0.3) is 0 Å². The van der Waals surface area contributed by atoms with Gasteiger partial charge in [0, 0.05) is 11.9 Å². The molecular formula is C16H24N2OS2. The second-order valence-electron chi connectivity index (χ2n) is 5.58. The molecule has 5 heteroatoms. The number of hydrogen-bond donors (Lipinski definition) is 1. The van der Waals surface area contributed by atoms with E-state index in [9.17, 15) is 5.11 Å². The largest absolute Gasteiger partial charge is 0.370 e. The molecule has 0 bridgehead atoms. The molecule has 3 nitrogen and oxygen atoms in total. The Hall–Kier alpha value is -0.650. The highest BCUT2D eigenvalue weighted by molar-refractivity contribution is 8.23. The normalized spacial score (nSPS) is 22.0. The molecule has 1 aliphatic heterocycles. The van der Waals surface area contributed by atoms with Gasteiger partial charge in [-0.05, 0) is 25.0 Å². The number of thiocarbonyl (C=S) groups is 1. The first kappa shape index (κ1) is 16.7. The standard InChI is InChI=1S/C16H24N2OS2/c1-2-3-4-5-6-8-11-16(19)13-21-15(20)18(16)14-10-7-9-12-17-14/h7,9-10,12,19H,2-6,8,11,13H2,1H3. The summed E-state index contributed by atoms with van der Waals surface area (Å²) >= 11 is 6.94. The molecule has 2 heterocycles. The number of hydrogen-bond acceptors (Lipinski definition) is 4. The smallest absolute Gasteiger partial charge is 0.154 e. The van der Waals surface area contributed by atoms with Crippen LogP contribution in [0.25, 0.3) is 0 Å². The summed E-state index contributed by atoms with van der Waals surface area (Å²) in [5.41, 5.74) is -0.874. The van der Waals surface area contributed by atoms with Crippen LogP contribution in [0.2, 0.25) is 0 Å². The fourth-order valence-corrected chi connectivity index (χ4v) is 4.10. The molecule has 116 valence electrons. The molecule has 1 fully saturated rings. The maximum atomic E-state index is 11.0. The maximum Gasteiger partial charge on any atom is 0.154 e. The molecule has 1 atom stereocenters. The van der Waals surface area contributed by atoms with E-state index < -0.39 is 5.72 Å². The second-order valence-corrected chi connectivity index (χ2v) is 7.19. The van der Waals surface area contributed by atoms with E-state index in [0.29, 0.717) is 5.75 Å². The lowest BCUT2D eigenvalue weighted by molar-refractivity contribution is 0.0662. The van der Waals surface area contributed by atoms with Crippen molar-refractivity contribution in [3.63, 3.8) is 0 Å². The first-order valence-electron chi connectivity index (χ1n) is 7.78. The lowest BCUT2D eigenvalue weighted by Crippen LogP contribution is -2.47. The van der Waals surface area contributed by atoms with Gasteiger partial charge in [-0.3, -0.25) is 4.90 Å². The number of rotatable bonds is 8. The summed E-state index contributed by atoms with van der Waals surface area (Å²) in [6.07, 6.45) is 9.83. The van der Waals surface area contributed by atoms with E-state index >= 15 is 0 Å². The lowest BCUT2D eigenvalue weighted by atomic mass is 10.0. The van der Waals surface area contributed by atoms with Crippen molar-refractivity contribution < 1.29 is 5.11 Å². The van der Waals surface area contributed by atoms with Gasteiger partial charge in [0.1, 0.15) is 10.1 Å². The Balaban J connectivity index is 1.91. The summed E-state index contributed by atoms with van der Waals surface area (Å²) < 4.78 is 0.724. The molecule has 1 aromatic heterocycles. The van der Waals surface area contributed by atoms with Crippen LogP contribution in [0.5, 0.6) is 0 Å². The molecule has 1 saturated heterocycles. The summed E-state index contributed by atoms with van der Waals surface area (Å²) in [5, 5.41) is 11.0. The Labute approximate surface area is 137 Å². The molecule has 0 aliphatic carbocycles. The van der Waals surface area contributed by atoms with Crippen LogP contribution in [0, 0.1) is 0 Å². The number of pyridine rings is 1. The summed E-state index contributed by atoms with van der Waals surface area (Å²) in [5.74, 6) is 1.39. The fraction of sp³-hybridized carbons (Fsp3) is 0.625. The van der Waals surface area contributed by atoms with Gasteiger partial charge < -0.3 is 5.11 Å². The van der Waals surface area contributed by atoms with Crippen LogP contribution in [0.4, 0.5) is 5.82 Å². The highest BCUT2D eigenvalue weighted by Gasteiger charge is 2.43. The van der Waals surface area contributed by atoms with Gasteiger partial charge in [0.15, 0.2) is 5.72 Å². The SMILES string of the molecule is CCCCCCCCC1(O)CSC(=S)N1c1ccccn1. The lowest BCUT2D eigenvalue weighted by Gasteiger charge is -2.33. The molecule has 21 heavy (non-hydrogen) atoms. The molecule has 0 saturated carbocycles. The zero-order valence-corrected chi connectivity index (χ0v) is 14.3. The van der Waals surface area contributed by atoms with E-state index in [-0.39, 0.29) is 0 Å². The monoisotopic (exact) mass is 324 g/mol. The van der Waals surface area contributed by atoms with Gasteiger partial charge in [-0.1, -0.05) is 69.1 Å². The Morgan fingerprint density at radius 2 is 2.05 bits per heavy atom. The Morgan fingerprint density at radius 3 is 2.76 bits per heavy atom. The first-order valence-corrected chi connectivity index (χ1v) is 9.17. The zero-order valence-electron chi connectivity index (χ0n) is 12.6. The maximum absolute atomic E-state index is 11.0. The van der Waals surface area contributed by atoms with E-state index in [1.54, 1.807) is 18.0 Å². The molecule has 0 radical (unpaired) electrons. The van der Waals surface area contributed by atoms with Crippen molar-refractivity contribution >= 4 is 34.1 Å². The third-order valence-electron chi connectivity index (χ3n) is 3.83. The van der Waals surface area contributed by atoms with Gasteiger partial charge in [0.05, 0.1) is 0 Å². The highest BCUT2D eigenvalue weighted by Crippen LogP contribution is 2.38. The van der Waals surface area contributed by atoms with Gasteiger partial charge in [-0.2, -0.15) is 0 Å². The minimum absolute atomic E-state index is 0.636. The minimum atomic E-state index is -0.874. The van der Waals surface area contributed by atoms with Crippen molar-refractivity contribution in [2.45, 2.75) is 57.6 Å². The van der Waals surface area contributed by atoms with E-state index in [2.05, 4.69) is 11.9 Å². The van der Waals surface area contributed by atoms with Crippen molar-refractivity contribution in [3.05, 3.63) is 24.4 Å². The van der Waals surface area contributed by atoms with E-state index in [4.69, 9.17) is 12.2 Å². The van der Waals surface area contributed by atoms with Crippen LogP contribution in [-0.2, 0) is 0 Å². The molecule has 1 aliphatic rings. The van der Waals surface area contributed by atoms with Gasteiger partial charge in [-0.25, -0.2) is 4.98 Å². The van der Waals surface area contributed by atoms with Gasteiger partial charge >= 0.3 is 0 Å². The quantitative estimate of drug-likeness (QED) is 0.568. The topological polar surface area (TPSA) is 36.4 Å². The average Bonchev–Trinajstić information content (AvgIpc) is 2.79. The van der Waals surface area contributed by atoms with E-state index in [0.717, 1.165) is 23.0 Å². The van der Waals surface area contributed by atoms with Crippen molar-refractivity contribution in [2.75, 3.05) is 10.7 Å². The highest BCUT2D eigenvalue weighted by atomic mass is 32.2. The number of thioether (sulfide) groups is 1. The molecule has 0 aromatic carbocycles.